The second kappa shape index (κ2) is 9.00. The topological polar surface area (TPSA) is 106 Å². The number of oxime groups is 1. The number of hydroxylamine groups is 1. The van der Waals surface area contributed by atoms with Crippen LogP contribution in [-0.2, 0) is 0 Å². The number of ether oxygens (including phenoxy) is 1. The lowest BCUT2D eigenvalue weighted by molar-refractivity contribution is -0.504. The maximum atomic E-state index is 11.9. The van der Waals surface area contributed by atoms with Gasteiger partial charge in [-0.15, -0.1) is 0 Å². The second-order valence-corrected chi connectivity index (χ2v) is 5.89. The van der Waals surface area contributed by atoms with Crippen LogP contribution in [-0.4, -0.2) is 28.2 Å². The highest BCUT2D eigenvalue weighted by atomic mass is 16.5. The van der Waals surface area contributed by atoms with Crippen LogP contribution in [0, 0.1) is 5.21 Å². The molecule has 1 aromatic rings. The standard InChI is InChI=1S/C17H26N4O3/c1-2-3-4-5-6-7-12-24-14-10-8-13(9-11-14)17-19-16(20-22)15(18)21(17)23/h8-11,17,22H,2-7,12,18H2,1H3,(H,19,20). The predicted octanol–water partition coefficient (Wildman–Crippen LogP) is 2.68. The van der Waals surface area contributed by atoms with Gasteiger partial charge in [-0.05, 0) is 30.7 Å². The second-order valence-electron chi connectivity index (χ2n) is 5.89. The zero-order valence-corrected chi connectivity index (χ0v) is 14.1. The van der Waals surface area contributed by atoms with Crippen LogP contribution in [0.3, 0.4) is 0 Å². The average Bonchev–Trinajstić information content (AvgIpc) is 2.90. The molecule has 7 nitrogen and oxygen atoms in total. The minimum Gasteiger partial charge on any atom is -0.713 e. The van der Waals surface area contributed by atoms with Crippen molar-refractivity contribution in [2.24, 2.45) is 10.9 Å². The van der Waals surface area contributed by atoms with Gasteiger partial charge in [0.15, 0.2) is 6.17 Å². The summed E-state index contributed by atoms with van der Waals surface area (Å²) in [7, 11) is 0. The van der Waals surface area contributed by atoms with Crippen molar-refractivity contribution < 1.29 is 14.7 Å². The minimum absolute atomic E-state index is 0.0154. The smallest absolute Gasteiger partial charge is 0.319 e. The Kier molecular flexibility index (Phi) is 6.72. The van der Waals surface area contributed by atoms with E-state index in [1.807, 2.05) is 12.1 Å². The Morgan fingerprint density at radius 2 is 1.88 bits per heavy atom. The molecule has 7 heteroatoms. The van der Waals surface area contributed by atoms with E-state index in [9.17, 15) is 5.21 Å². The van der Waals surface area contributed by atoms with E-state index in [4.69, 9.17) is 15.7 Å². The zero-order chi connectivity index (χ0) is 17.4. The molecule has 0 saturated heterocycles. The first-order valence-corrected chi connectivity index (χ1v) is 8.48. The molecule has 1 aliphatic heterocycles. The van der Waals surface area contributed by atoms with Crippen molar-refractivity contribution in [3.8, 4) is 5.75 Å². The molecule has 0 aliphatic carbocycles. The number of amidine groups is 2. The predicted molar refractivity (Wildman–Crippen MR) is 93.2 cm³/mol. The largest absolute Gasteiger partial charge is 0.713 e. The molecule has 0 radical (unpaired) electrons. The summed E-state index contributed by atoms with van der Waals surface area (Å²) in [6.07, 6.45) is 6.66. The Bertz CT molecular complexity index is 584. The van der Waals surface area contributed by atoms with Gasteiger partial charge < -0.3 is 20.5 Å². The van der Waals surface area contributed by atoms with E-state index in [0.717, 1.165) is 17.7 Å². The fourth-order valence-corrected chi connectivity index (χ4v) is 2.62. The lowest BCUT2D eigenvalue weighted by atomic mass is 10.1. The third kappa shape index (κ3) is 4.53. The summed E-state index contributed by atoms with van der Waals surface area (Å²) in [4.78, 5) is 0. The van der Waals surface area contributed by atoms with Crippen molar-refractivity contribution in [2.45, 2.75) is 51.6 Å². The molecule has 1 atom stereocenters. The quantitative estimate of drug-likeness (QED) is 0.212. The van der Waals surface area contributed by atoms with Crippen LogP contribution in [0.2, 0.25) is 0 Å². The van der Waals surface area contributed by atoms with Crippen molar-refractivity contribution in [2.75, 3.05) is 6.61 Å². The van der Waals surface area contributed by atoms with Gasteiger partial charge in [0.25, 0.3) is 5.84 Å². The molecule has 24 heavy (non-hydrogen) atoms. The molecule has 0 fully saturated rings. The zero-order valence-electron chi connectivity index (χ0n) is 14.1. The summed E-state index contributed by atoms with van der Waals surface area (Å²) in [6, 6.07) is 7.25. The fraction of sp³-hybridized carbons (Fsp3) is 0.529. The van der Waals surface area contributed by atoms with E-state index in [1.54, 1.807) is 12.1 Å². The number of nitrogens with two attached hydrogens (primary N) is 1. The van der Waals surface area contributed by atoms with Gasteiger partial charge >= 0.3 is 5.84 Å². The first kappa shape index (κ1) is 17.9. The molecule has 1 aromatic carbocycles. The molecule has 1 heterocycles. The SMILES string of the molecule is CCCCCCCCOc1ccc(C2N/C(=N\O)C(N)=[N+]2[O-])cc1. The number of hydrogen-bond acceptors (Lipinski definition) is 5. The number of hydrogen-bond donors (Lipinski definition) is 3. The van der Waals surface area contributed by atoms with Gasteiger partial charge in [-0.3, -0.25) is 5.73 Å². The van der Waals surface area contributed by atoms with E-state index in [2.05, 4.69) is 17.4 Å². The highest BCUT2D eigenvalue weighted by molar-refractivity contribution is 6.38. The summed E-state index contributed by atoms with van der Waals surface area (Å²) in [6.45, 7) is 2.91. The van der Waals surface area contributed by atoms with Crippen LogP contribution in [0.4, 0.5) is 0 Å². The van der Waals surface area contributed by atoms with Gasteiger partial charge in [0.1, 0.15) is 5.75 Å². The van der Waals surface area contributed by atoms with Gasteiger partial charge in [-0.25, -0.2) is 4.74 Å². The van der Waals surface area contributed by atoms with Gasteiger partial charge in [0.05, 0.1) is 6.61 Å². The van der Waals surface area contributed by atoms with Crippen molar-refractivity contribution >= 4 is 11.7 Å². The van der Waals surface area contributed by atoms with E-state index < -0.39 is 6.17 Å². The van der Waals surface area contributed by atoms with Crippen molar-refractivity contribution in [1.29, 1.82) is 0 Å². The highest BCUT2D eigenvalue weighted by Gasteiger charge is 2.31. The Balaban J connectivity index is 1.80. The number of benzene rings is 1. The summed E-state index contributed by atoms with van der Waals surface area (Å²) in [5.74, 6) is 0.625. The fourth-order valence-electron chi connectivity index (χ4n) is 2.62. The Labute approximate surface area is 142 Å². The Morgan fingerprint density at radius 1 is 1.21 bits per heavy atom. The van der Waals surface area contributed by atoms with E-state index in [0.29, 0.717) is 11.3 Å². The van der Waals surface area contributed by atoms with Crippen LogP contribution < -0.4 is 15.8 Å². The van der Waals surface area contributed by atoms with Gasteiger partial charge in [0, 0.05) is 5.56 Å². The maximum absolute atomic E-state index is 11.9. The summed E-state index contributed by atoms with van der Waals surface area (Å²) >= 11 is 0. The third-order valence-corrected chi connectivity index (χ3v) is 4.05. The van der Waals surface area contributed by atoms with Crippen LogP contribution in [0.25, 0.3) is 0 Å². The van der Waals surface area contributed by atoms with Gasteiger partial charge in [-0.2, -0.15) is 0 Å². The third-order valence-electron chi connectivity index (χ3n) is 4.05. The molecule has 0 amide bonds. The molecule has 132 valence electrons. The van der Waals surface area contributed by atoms with Gasteiger partial charge in [-0.1, -0.05) is 44.2 Å². The number of nitrogens with zero attached hydrogens (tertiary/aromatic N) is 2. The molecule has 1 unspecified atom stereocenters. The molecular formula is C17H26N4O3. The molecule has 1 aliphatic rings. The molecule has 0 saturated carbocycles. The van der Waals surface area contributed by atoms with Crippen molar-refractivity contribution in [3.05, 3.63) is 35.0 Å². The normalized spacial score (nSPS) is 18.9. The van der Waals surface area contributed by atoms with Crippen LogP contribution in [0.5, 0.6) is 5.75 Å². The Morgan fingerprint density at radius 3 is 2.50 bits per heavy atom. The first-order valence-electron chi connectivity index (χ1n) is 8.48. The summed E-state index contributed by atoms with van der Waals surface area (Å²) in [5.41, 5.74) is 6.29. The van der Waals surface area contributed by atoms with E-state index in [-0.39, 0.29) is 11.7 Å². The lowest BCUT2D eigenvalue weighted by Crippen LogP contribution is -2.30. The molecule has 0 bridgehead atoms. The molecule has 4 N–H and O–H groups in total. The van der Waals surface area contributed by atoms with Crippen LogP contribution in [0.15, 0.2) is 29.4 Å². The highest BCUT2D eigenvalue weighted by Crippen LogP contribution is 2.21. The molecule has 0 spiro atoms. The molecule has 2 rings (SSSR count). The van der Waals surface area contributed by atoms with E-state index in [1.165, 1.54) is 32.1 Å². The summed E-state index contributed by atoms with van der Waals surface area (Å²) in [5, 5.41) is 26.5. The van der Waals surface area contributed by atoms with Crippen LogP contribution >= 0.6 is 0 Å². The Hall–Kier alpha value is -2.44. The summed E-state index contributed by atoms with van der Waals surface area (Å²) < 4.78 is 6.30. The average molecular weight is 334 g/mol. The number of nitrogens with one attached hydrogen (secondary N) is 1. The van der Waals surface area contributed by atoms with E-state index >= 15 is 0 Å². The minimum atomic E-state index is -0.691. The van der Waals surface area contributed by atoms with Crippen molar-refractivity contribution in [3.63, 3.8) is 0 Å². The number of rotatable bonds is 9. The first-order chi connectivity index (χ1) is 11.7. The molecular weight excluding hydrogens is 308 g/mol. The maximum Gasteiger partial charge on any atom is 0.319 e. The monoisotopic (exact) mass is 334 g/mol. The van der Waals surface area contributed by atoms with Crippen LogP contribution in [0.1, 0.15) is 57.2 Å². The van der Waals surface area contributed by atoms with Gasteiger partial charge in [0.2, 0.25) is 0 Å². The van der Waals surface area contributed by atoms with Crippen molar-refractivity contribution in [1.82, 2.24) is 5.32 Å². The molecule has 0 aromatic heterocycles. The number of unbranched alkanes of at least 4 members (excludes halogenated alkanes) is 5. The lowest BCUT2D eigenvalue weighted by Gasteiger charge is -2.16.